The second-order valence-electron chi connectivity index (χ2n) is 11.1. The minimum atomic E-state index is -0.107. The molecule has 0 N–H and O–H groups in total. The fraction of sp³-hybridized carbons (Fsp3) is 0.323. The van der Waals surface area contributed by atoms with Gasteiger partial charge in [0.2, 0.25) is 0 Å². The predicted octanol–water partition coefficient (Wildman–Crippen LogP) is 8.01. The molecule has 168 valence electrons. The van der Waals surface area contributed by atoms with E-state index in [-0.39, 0.29) is 10.8 Å². The van der Waals surface area contributed by atoms with E-state index in [0.717, 1.165) is 0 Å². The molecule has 4 aromatic rings. The Morgan fingerprint density at radius 2 is 1.15 bits per heavy atom. The SMILES string of the molecule is Cc1cc(C)cc(-c2ccc3c(c2)C(C)(C)C(C)(C)c2c(-c4cc(C)cc(C)c4)cnn2-3)c1. The Bertz CT molecular complexity index is 1360. The summed E-state index contributed by atoms with van der Waals surface area (Å²) in [6.45, 7) is 18.2. The number of benzene rings is 3. The molecule has 3 aromatic carbocycles. The third kappa shape index (κ3) is 3.27. The maximum atomic E-state index is 4.94. The summed E-state index contributed by atoms with van der Waals surface area (Å²) in [6.07, 6.45) is 2.06. The van der Waals surface area contributed by atoms with Gasteiger partial charge in [0.15, 0.2) is 0 Å². The Morgan fingerprint density at radius 3 is 1.73 bits per heavy atom. The maximum Gasteiger partial charge on any atom is 0.0687 e. The largest absolute Gasteiger partial charge is 0.236 e. The fourth-order valence-electron chi connectivity index (χ4n) is 5.65. The van der Waals surface area contributed by atoms with Crippen molar-refractivity contribution in [1.82, 2.24) is 9.78 Å². The van der Waals surface area contributed by atoms with E-state index < -0.39 is 0 Å². The lowest BCUT2D eigenvalue weighted by molar-refractivity contribution is 0.276. The van der Waals surface area contributed by atoms with Gasteiger partial charge in [-0.15, -0.1) is 0 Å². The molecule has 0 amide bonds. The van der Waals surface area contributed by atoms with E-state index in [1.165, 1.54) is 61.5 Å². The van der Waals surface area contributed by atoms with Crippen LogP contribution in [0.3, 0.4) is 0 Å². The average Bonchev–Trinajstić information content (AvgIpc) is 3.17. The first-order valence-electron chi connectivity index (χ1n) is 11.9. The third-order valence-electron chi connectivity index (χ3n) is 7.91. The molecular formula is C31H34N2. The van der Waals surface area contributed by atoms with Gasteiger partial charge in [-0.25, -0.2) is 4.68 Å². The number of hydrogen-bond donors (Lipinski definition) is 0. The Kier molecular flexibility index (Phi) is 4.72. The molecular weight excluding hydrogens is 400 g/mol. The van der Waals surface area contributed by atoms with Gasteiger partial charge in [0.25, 0.3) is 0 Å². The summed E-state index contributed by atoms with van der Waals surface area (Å²) in [5.41, 5.74) is 13.9. The second kappa shape index (κ2) is 7.18. The van der Waals surface area contributed by atoms with Crippen LogP contribution in [-0.4, -0.2) is 9.78 Å². The highest BCUT2D eigenvalue weighted by molar-refractivity contribution is 5.74. The topological polar surface area (TPSA) is 17.8 Å². The quantitative estimate of drug-likeness (QED) is 0.312. The lowest BCUT2D eigenvalue weighted by atomic mass is 9.59. The molecule has 5 rings (SSSR count). The molecule has 0 radical (unpaired) electrons. The van der Waals surface area contributed by atoms with E-state index in [0.29, 0.717) is 0 Å². The summed E-state index contributed by atoms with van der Waals surface area (Å²) < 4.78 is 2.19. The minimum Gasteiger partial charge on any atom is -0.236 e. The van der Waals surface area contributed by atoms with Gasteiger partial charge in [-0.3, -0.25) is 0 Å². The Morgan fingerprint density at radius 1 is 0.606 bits per heavy atom. The van der Waals surface area contributed by atoms with Gasteiger partial charge in [0.1, 0.15) is 0 Å². The summed E-state index contributed by atoms with van der Waals surface area (Å²) >= 11 is 0. The van der Waals surface area contributed by atoms with Crippen molar-refractivity contribution >= 4 is 0 Å². The predicted molar refractivity (Wildman–Crippen MR) is 139 cm³/mol. The molecule has 1 aliphatic rings. The van der Waals surface area contributed by atoms with Crippen molar-refractivity contribution in [2.24, 2.45) is 0 Å². The van der Waals surface area contributed by atoms with Crippen LogP contribution < -0.4 is 0 Å². The van der Waals surface area contributed by atoms with E-state index in [4.69, 9.17) is 5.10 Å². The summed E-state index contributed by atoms with van der Waals surface area (Å²) in [5.74, 6) is 0. The molecule has 1 aromatic heterocycles. The lowest BCUT2D eigenvalue weighted by Crippen LogP contribution is -2.46. The number of hydrogen-bond acceptors (Lipinski definition) is 1. The van der Waals surface area contributed by atoms with E-state index in [2.05, 4.69) is 121 Å². The standard InChI is InChI=1S/C31H34N2/c1-19-11-20(2)14-24(13-19)23-9-10-28-27(17-23)30(5,6)31(7,8)29-26(18-32-33(28)29)25-15-21(3)12-22(4)16-25/h9-18H,1-8H3. The van der Waals surface area contributed by atoms with Crippen LogP contribution in [0.1, 0.15) is 61.2 Å². The molecule has 2 nitrogen and oxygen atoms in total. The zero-order chi connectivity index (χ0) is 23.7. The zero-order valence-corrected chi connectivity index (χ0v) is 21.2. The summed E-state index contributed by atoms with van der Waals surface area (Å²) in [4.78, 5) is 0. The molecule has 0 unspecified atom stereocenters. The molecule has 0 bridgehead atoms. The minimum absolute atomic E-state index is 0.0686. The van der Waals surface area contributed by atoms with Crippen LogP contribution in [0, 0.1) is 27.7 Å². The average molecular weight is 435 g/mol. The molecule has 0 saturated carbocycles. The Hall–Kier alpha value is -3.13. The molecule has 1 aliphatic heterocycles. The first-order valence-corrected chi connectivity index (χ1v) is 11.9. The van der Waals surface area contributed by atoms with Crippen molar-refractivity contribution in [1.29, 1.82) is 0 Å². The van der Waals surface area contributed by atoms with E-state index >= 15 is 0 Å². The molecule has 0 fully saturated rings. The number of fused-ring (bicyclic) bond motifs is 3. The van der Waals surface area contributed by atoms with Crippen LogP contribution in [0.4, 0.5) is 0 Å². The lowest BCUT2D eigenvalue weighted by Gasteiger charge is -2.47. The van der Waals surface area contributed by atoms with Crippen LogP contribution in [-0.2, 0) is 10.8 Å². The first kappa shape index (κ1) is 21.7. The van der Waals surface area contributed by atoms with Gasteiger partial charge in [-0.1, -0.05) is 92.4 Å². The Labute approximate surface area is 198 Å². The highest BCUT2D eigenvalue weighted by atomic mass is 15.3. The summed E-state index contributed by atoms with van der Waals surface area (Å²) in [6, 6.07) is 20.5. The van der Waals surface area contributed by atoms with Crippen molar-refractivity contribution in [2.45, 2.75) is 66.2 Å². The van der Waals surface area contributed by atoms with Gasteiger partial charge in [0.05, 0.1) is 17.6 Å². The van der Waals surface area contributed by atoms with E-state index in [9.17, 15) is 0 Å². The molecule has 33 heavy (non-hydrogen) atoms. The van der Waals surface area contributed by atoms with E-state index in [1.807, 2.05) is 0 Å². The van der Waals surface area contributed by atoms with Gasteiger partial charge < -0.3 is 0 Å². The highest BCUT2D eigenvalue weighted by Gasteiger charge is 2.48. The van der Waals surface area contributed by atoms with Crippen molar-refractivity contribution in [3.05, 3.63) is 94.3 Å². The van der Waals surface area contributed by atoms with Gasteiger partial charge >= 0.3 is 0 Å². The first-order chi connectivity index (χ1) is 15.5. The van der Waals surface area contributed by atoms with Gasteiger partial charge in [-0.05, 0) is 62.1 Å². The molecule has 0 atom stereocenters. The van der Waals surface area contributed by atoms with Crippen LogP contribution in [0.2, 0.25) is 0 Å². The van der Waals surface area contributed by atoms with Gasteiger partial charge in [-0.2, -0.15) is 5.10 Å². The molecule has 0 saturated heterocycles. The molecule has 2 heterocycles. The van der Waals surface area contributed by atoms with E-state index in [1.54, 1.807) is 0 Å². The summed E-state index contributed by atoms with van der Waals surface area (Å²) in [5, 5.41) is 4.94. The number of nitrogens with zero attached hydrogens (tertiary/aromatic N) is 2. The van der Waals surface area contributed by atoms with Gasteiger partial charge in [0, 0.05) is 16.4 Å². The maximum absolute atomic E-state index is 4.94. The Balaban J connectivity index is 1.75. The molecule has 0 spiro atoms. The van der Waals surface area contributed by atoms with Crippen molar-refractivity contribution in [3.63, 3.8) is 0 Å². The highest BCUT2D eigenvalue weighted by Crippen LogP contribution is 2.53. The van der Waals surface area contributed by atoms with Crippen molar-refractivity contribution in [3.8, 4) is 27.9 Å². The smallest absolute Gasteiger partial charge is 0.0687 e. The molecule has 2 heteroatoms. The van der Waals surface area contributed by atoms with Crippen LogP contribution in [0.15, 0.2) is 60.8 Å². The molecule has 0 aliphatic carbocycles. The number of aryl methyl sites for hydroxylation is 4. The van der Waals surface area contributed by atoms with Crippen LogP contribution >= 0.6 is 0 Å². The third-order valence-corrected chi connectivity index (χ3v) is 7.91. The zero-order valence-electron chi connectivity index (χ0n) is 21.2. The van der Waals surface area contributed by atoms with Crippen molar-refractivity contribution < 1.29 is 0 Å². The van der Waals surface area contributed by atoms with Crippen LogP contribution in [0.5, 0.6) is 0 Å². The summed E-state index contributed by atoms with van der Waals surface area (Å²) in [7, 11) is 0. The fourth-order valence-corrected chi connectivity index (χ4v) is 5.65. The number of aromatic nitrogens is 2. The normalized spacial score (nSPS) is 15.8. The van der Waals surface area contributed by atoms with Crippen molar-refractivity contribution in [2.75, 3.05) is 0 Å². The second-order valence-corrected chi connectivity index (χ2v) is 11.1. The van der Waals surface area contributed by atoms with Crippen LogP contribution in [0.25, 0.3) is 27.9 Å². The monoisotopic (exact) mass is 434 g/mol. The number of rotatable bonds is 2.